The predicted octanol–water partition coefficient (Wildman–Crippen LogP) is 5.14. The maximum atomic E-state index is 13.3. The van der Waals surface area contributed by atoms with Crippen molar-refractivity contribution in [3.63, 3.8) is 0 Å². The van der Waals surface area contributed by atoms with Crippen molar-refractivity contribution in [1.29, 1.82) is 0 Å². The zero-order chi connectivity index (χ0) is 23.6. The topological polar surface area (TPSA) is 72.9 Å². The SMILES string of the molecule is O=C(c1ccc(O)cc1)C1CCN(C(=O)Nc2cc(C(F)(F)F)ccc2N2CCCC2)CC1. The fourth-order valence-corrected chi connectivity index (χ4v) is 4.45. The van der Waals surface area contributed by atoms with Gasteiger partial charge in [0, 0.05) is 37.7 Å². The first-order valence-corrected chi connectivity index (χ1v) is 11.1. The number of Topliss-reactive ketones (excluding diaryl/α,β-unsaturated/α-hetero) is 1. The van der Waals surface area contributed by atoms with Crippen LogP contribution in [0.5, 0.6) is 5.75 Å². The van der Waals surface area contributed by atoms with Gasteiger partial charge in [-0.2, -0.15) is 13.2 Å². The number of hydrogen-bond donors (Lipinski definition) is 2. The first-order valence-electron chi connectivity index (χ1n) is 11.1. The van der Waals surface area contributed by atoms with E-state index in [0.717, 1.165) is 38.1 Å². The summed E-state index contributed by atoms with van der Waals surface area (Å²) in [7, 11) is 0. The van der Waals surface area contributed by atoms with Gasteiger partial charge in [0.15, 0.2) is 5.78 Å². The Hall–Kier alpha value is -3.23. The van der Waals surface area contributed by atoms with Gasteiger partial charge in [0.1, 0.15) is 5.75 Å². The molecule has 4 rings (SSSR count). The van der Waals surface area contributed by atoms with E-state index in [9.17, 15) is 27.9 Å². The summed E-state index contributed by atoms with van der Waals surface area (Å²) < 4.78 is 39.8. The van der Waals surface area contributed by atoms with Crippen LogP contribution in [0.3, 0.4) is 0 Å². The second-order valence-electron chi connectivity index (χ2n) is 8.53. The molecule has 0 bridgehead atoms. The van der Waals surface area contributed by atoms with E-state index in [2.05, 4.69) is 5.32 Å². The average Bonchev–Trinajstić information content (AvgIpc) is 3.33. The summed E-state index contributed by atoms with van der Waals surface area (Å²) in [5, 5.41) is 12.1. The van der Waals surface area contributed by atoms with E-state index in [1.165, 1.54) is 23.1 Å². The van der Waals surface area contributed by atoms with E-state index in [4.69, 9.17) is 0 Å². The van der Waals surface area contributed by atoms with Gasteiger partial charge in [-0.25, -0.2) is 4.79 Å². The third kappa shape index (κ3) is 5.23. The van der Waals surface area contributed by atoms with E-state index in [0.29, 0.717) is 37.2 Å². The number of carbonyl (C=O) groups is 2. The summed E-state index contributed by atoms with van der Waals surface area (Å²) >= 11 is 0. The highest BCUT2D eigenvalue weighted by atomic mass is 19.4. The normalized spacial score (nSPS) is 17.3. The van der Waals surface area contributed by atoms with E-state index in [-0.39, 0.29) is 23.1 Å². The lowest BCUT2D eigenvalue weighted by molar-refractivity contribution is -0.137. The zero-order valence-corrected chi connectivity index (χ0v) is 18.1. The third-order valence-electron chi connectivity index (χ3n) is 6.32. The van der Waals surface area contributed by atoms with Crippen molar-refractivity contribution in [2.75, 3.05) is 36.4 Å². The van der Waals surface area contributed by atoms with Crippen LogP contribution in [0.15, 0.2) is 42.5 Å². The van der Waals surface area contributed by atoms with Crippen LogP contribution in [0, 0.1) is 5.92 Å². The molecule has 0 atom stereocenters. The molecule has 0 radical (unpaired) electrons. The van der Waals surface area contributed by atoms with Crippen LogP contribution >= 0.6 is 0 Å². The number of hydrogen-bond acceptors (Lipinski definition) is 4. The highest BCUT2D eigenvalue weighted by molar-refractivity contribution is 5.98. The molecule has 6 nitrogen and oxygen atoms in total. The molecule has 2 amide bonds. The molecule has 2 aliphatic rings. The number of aromatic hydroxyl groups is 1. The number of phenols is 1. The van der Waals surface area contributed by atoms with Crippen LogP contribution in [0.1, 0.15) is 41.6 Å². The number of ketones is 1. The fourth-order valence-electron chi connectivity index (χ4n) is 4.45. The maximum absolute atomic E-state index is 13.3. The van der Waals surface area contributed by atoms with Crippen molar-refractivity contribution < 1.29 is 27.9 Å². The Labute approximate surface area is 190 Å². The molecule has 2 aromatic rings. The summed E-state index contributed by atoms with van der Waals surface area (Å²) in [4.78, 5) is 29.1. The molecule has 176 valence electrons. The van der Waals surface area contributed by atoms with E-state index >= 15 is 0 Å². The maximum Gasteiger partial charge on any atom is 0.416 e. The van der Waals surface area contributed by atoms with Gasteiger partial charge < -0.3 is 20.2 Å². The lowest BCUT2D eigenvalue weighted by Crippen LogP contribution is -2.42. The third-order valence-corrected chi connectivity index (χ3v) is 6.32. The van der Waals surface area contributed by atoms with Gasteiger partial charge in [-0.1, -0.05) is 0 Å². The standard InChI is InChI=1S/C24H26F3N3O3/c25-24(26,27)18-5-8-21(29-11-1-2-12-29)20(15-18)28-23(33)30-13-9-17(10-14-30)22(32)16-3-6-19(31)7-4-16/h3-8,15,17,31H,1-2,9-14H2,(H,28,33). The number of carbonyl (C=O) groups excluding carboxylic acids is 2. The molecular formula is C24H26F3N3O3. The van der Waals surface area contributed by atoms with Crippen molar-refractivity contribution in [3.8, 4) is 5.75 Å². The molecule has 2 fully saturated rings. The van der Waals surface area contributed by atoms with Crippen LogP contribution < -0.4 is 10.2 Å². The summed E-state index contributed by atoms with van der Waals surface area (Å²) in [6.07, 6.45) is -1.66. The Morgan fingerprint density at radius 1 is 0.939 bits per heavy atom. The quantitative estimate of drug-likeness (QED) is 0.619. The van der Waals surface area contributed by atoms with Crippen LogP contribution in [-0.4, -0.2) is 48.0 Å². The van der Waals surface area contributed by atoms with Crippen LogP contribution in [-0.2, 0) is 6.18 Å². The molecule has 2 heterocycles. The first-order chi connectivity index (χ1) is 15.7. The first kappa shape index (κ1) is 22.9. The number of phenolic OH excluding ortho intramolecular Hbond substituents is 1. The van der Waals surface area contributed by atoms with Crippen molar-refractivity contribution in [1.82, 2.24) is 4.90 Å². The summed E-state index contributed by atoms with van der Waals surface area (Å²) in [6, 6.07) is 9.06. The molecule has 2 aliphatic heterocycles. The van der Waals surface area contributed by atoms with Gasteiger partial charge >= 0.3 is 12.2 Å². The smallest absolute Gasteiger partial charge is 0.416 e. The molecular weight excluding hydrogens is 435 g/mol. The van der Waals surface area contributed by atoms with E-state index in [1.54, 1.807) is 12.1 Å². The van der Waals surface area contributed by atoms with Crippen LogP contribution in [0.25, 0.3) is 0 Å². The number of urea groups is 1. The van der Waals surface area contributed by atoms with Gasteiger partial charge in [0.2, 0.25) is 0 Å². The van der Waals surface area contributed by atoms with Gasteiger partial charge in [-0.05, 0) is 68.1 Å². The van der Waals surface area contributed by atoms with Gasteiger partial charge in [-0.15, -0.1) is 0 Å². The Morgan fingerprint density at radius 2 is 1.58 bits per heavy atom. The Balaban J connectivity index is 1.43. The number of amides is 2. The minimum absolute atomic E-state index is 0.0377. The minimum Gasteiger partial charge on any atom is -0.508 e. The number of rotatable bonds is 4. The zero-order valence-electron chi connectivity index (χ0n) is 18.1. The monoisotopic (exact) mass is 461 g/mol. The minimum atomic E-state index is -4.50. The molecule has 0 aliphatic carbocycles. The number of piperidine rings is 1. The molecule has 9 heteroatoms. The molecule has 0 saturated carbocycles. The number of benzene rings is 2. The number of alkyl halides is 3. The highest BCUT2D eigenvalue weighted by Crippen LogP contribution is 2.37. The van der Waals surface area contributed by atoms with Gasteiger partial charge in [-0.3, -0.25) is 4.79 Å². The van der Waals surface area contributed by atoms with Crippen molar-refractivity contribution in [3.05, 3.63) is 53.6 Å². The summed E-state index contributed by atoms with van der Waals surface area (Å²) in [5.41, 5.74) is 0.444. The highest BCUT2D eigenvalue weighted by Gasteiger charge is 2.33. The summed E-state index contributed by atoms with van der Waals surface area (Å²) in [5.74, 6) is -0.197. The largest absolute Gasteiger partial charge is 0.508 e. The molecule has 0 unspecified atom stereocenters. The predicted molar refractivity (Wildman–Crippen MR) is 119 cm³/mol. The molecule has 33 heavy (non-hydrogen) atoms. The summed E-state index contributed by atoms with van der Waals surface area (Å²) in [6.45, 7) is 2.13. The second-order valence-corrected chi connectivity index (χ2v) is 8.53. The average molecular weight is 461 g/mol. The molecule has 2 aromatic carbocycles. The number of anilines is 2. The number of nitrogens with one attached hydrogen (secondary N) is 1. The molecule has 2 N–H and O–H groups in total. The molecule has 0 aromatic heterocycles. The van der Waals surface area contributed by atoms with Gasteiger partial charge in [0.25, 0.3) is 0 Å². The van der Waals surface area contributed by atoms with Crippen molar-refractivity contribution in [2.45, 2.75) is 31.9 Å². The number of nitrogens with zero attached hydrogens (tertiary/aromatic N) is 2. The van der Waals surface area contributed by atoms with E-state index < -0.39 is 17.8 Å². The molecule has 0 spiro atoms. The van der Waals surface area contributed by atoms with Crippen LogP contribution in [0.4, 0.5) is 29.3 Å². The second kappa shape index (κ2) is 9.33. The lowest BCUT2D eigenvalue weighted by atomic mass is 9.89. The fraction of sp³-hybridized carbons (Fsp3) is 0.417. The van der Waals surface area contributed by atoms with Crippen LogP contribution in [0.2, 0.25) is 0 Å². The van der Waals surface area contributed by atoms with Crippen molar-refractivity contribution >= 4 is 23.2 Å². The Morgan fingerprint density at radius 3 is 2.18 bits per heavy atom. The van der Waals surface area contributed by atoms with E-state index in [1.807, 2.05) is 4.90 Å². The van der Waals surface area contributed by atoms with Crippen molar-refractivity contribution in [2.24, 2.45) is 5.92 Å². The van der Waals surface area contributed by atoms with Gasteiger partial charge in [0.05, 0.1) is 16.9 Å². The molecule has 2 saturated heterocycles. The number of likely N-dealkylation sites (tertiary alicyclic amines) is 1. The Kier molecular flexibility index (Phi) is 6.49. The number of halogens is 3. The lowest BCUT2D eigenvalue weighted by Gasteiger charge is -2.32. The Bertz CT molecular complexity index is 1010.